The number of hydrogen-bond donors (Lipinski definition) is 0. The van der Waals surface area contributed by atoms with E-state index in [4.69, 9.17) is 4.74 Å². The first-order valence-electron chi connectivity index (χ1n) is 9.11. The van der Waals surface area contributed by atoms with Crippen LogP contribution >= 0.6 is 0 Å². The highest BCUT2D eigenvalue weighted by Gasteiger charge is 2.30. The Morgan fingerprint density at radius 3 is 2.00 bits per heavy atom. The summed E-state index contributed by atoms with van der Waals surface area (Å²) in [6.45, 7) is 3.74. The van der Waals surface area contributed by atoms with E-state index in [1.54, 1.807) is 24.3 Å². The minimum Gasteiger partial charge on any atom is -0.457 e. The second-order valence-corrected chi connectivity index (χ2v) is 6.79. The molecule has 0 radical (unpaired) electrons. The van der Waals surface area contributed by atoms with E-state index in [1.807, 2.05) is 4.90 Å². The summed E-state index contributed by atoms with van der Waals surface area (Å²) >= 11 is 0. The number of hydrogen-bond acceptors (Lipinski definition) is 2. The molecule has 0 aliphatic carbocycles. The minimum atomic E-state index is -4.37. The molecular formula is C21H22F3NO2. The summed E-state index contributed by atoms with van der Waals surface area (Å²) in [5, 5.41) is 0. The van der Waals surface area contributed by atoms with E-state index in [0.29, 0.717) is 23.0 Å². The van der Waals surface area contributed by atoms with Gasteiger partial charge in [-0.25, -0.2) is 0 Å². The van der Waals surface area contributed by atoms with E-state index >= 15 is 0 Å². The van der Waals surface area contributed by atoms with Gasteiger partial charge in [0, 0.05) is 18.7 Å². The van der Waals surface area contributed by atoms with Crippen LogP contribution in [0.3, 0.4) is 0 Å². The molecule has 1 aliphatic heterocycles. The van der Waals surface area contributed by atoms with E-state index in [1.165, 1.54) is 12.1 Å². The standard InChI is InChI=1S/C21H22F3NO2/c1-2-15-11-13-25(14-12-15)20(26)16-3-7-18(8-4-16)27-19-9-5-17(6-10-19)21(22,23)24/h3-10,15H,2,11-14H2,1H3. The van der Waals surface area contributed by atoms with Crippen LogP contribution in [0.15, 0.2) is 48.5 Å². The molecule has 3 rings (SSSR count). The quantitative estimate of drug-likeness (QED) is 0.678. The lowest BCUT2D eigenvalue weighted by atomic mass is 9.94. The van der Waals surface area contributed by atoms with Crippen LogP contribution in [0.1, 0.15) is 42.1 Å². The Morgan fingerprint density at radius 2 is 1.52 bits per heavy atom. The summed E-state index contributed by atoms with van der Waals surface area (Å²) in [5.74, 6) is 1.49. The highest BCUT2D eigenvalue weighted by atomic mass is 19.4. The molecule has 0 spiro atoms. The normalized spacial score (nSPS) is 15.6. The van der Waals surface area contributed by atoms with Crippen LogP contribution in [0.25, 0.3) is 0 Å². The molecule has 27 heavy (non-hydrogen) atoms. The molecule has 2 aromatic rings. The Morgan fingerprint density at radius 1 is 1.00 bits per heavy atom. The molecule has 1 fully saturated rings. The Hall–Kier alpha value is -2.50. The SMILES string of the molecule is CCC1CCN(C(=O)c2ccc(Oc3ccc(C(F)(F)F)cc3)cc2)CC1. The number of carbonyl (C=O) groups is 1. The average molecular weight is 377 g/mol. The number of nitrogens with zero attached hydrogens (tertiary/aromatic N) is 1. The minimum absolute atomic E-state index is 0.00522. The van der Waals surface area contributed by atoms with Crippen molar-refractivity contribution in [1.82, 2.24) is 4.90 Å². The van der Waals surface area contributed by atoms with Gasteiger partial charge in [0.25, 0.3) is 5.91 Å². The highest BCUT2D eigenvalue weighted by Crippen LogP contribution is 2.31. The lowest BCUT2D eigenvalue weighted by molar-refractivity contribution is -0.137. The van der Waals surface area contributed by atoms with Gasteiger partial charge in [-0.15, -0.1) is 0 Å². The van der Waals surface area contributed by atoms with Crippen LogP contribution in [0, 0.1) is 5.92 Å². The zero-order chi connectivity index (χ0) is 19.4. The molecule has 0 atom stereocenters. The van der Waals surface area contributed by atoms with E-state index in [-0.39, 0.29) is 5.91 Å². The smallest absolute Gasteiger partial charge is 0.416 e. The van der Waals surface area contributed by atoms with E-state index in [9.17, 15) is 18.0 Å². The highest BCUT2D eigenvalue weighted by molar-refractivity contribution is 5.94. The first kappa shape index (κ1) is 19.3. The monoisotopic (exact) mass is 377 g/mol. The maximum absolute atomic E-state index is 12.6. The average Bonchev–Trinajstić information content (AvgIpc) is 2.68. The van der Waals surface area contributed by atoms with Gasteiger partial charge < -0.3 is 9.64 Å². The Bertz CT molecular complexity index is 762. The second-order valence-electron chi connectivity index (χ2n) is 6.79. The molecule has 0 N–H and O–H groups in total. The van der Waals surface area contributed by atoms with Gasteiger partial charge in [-0.1, -0.05) is 13.3 Å². The molecule has 6 heteroatoms. The fourth-order valence-corrected chi connectivity index (χ4v) is 3.24. The van der Waals surface area contributed by atoms with Crippen molar-refractivity contribution in [2.45, 2.75) is 32.4 Å². The van der Waals surface area contributed by atoms with Crippen molar-refractivity contribution in [2.75, 3.05) is 13.1 Å². The molecule has 2 aromatic carbocycles. The summed E-state index contributed by atoms with van der Waals surface area (Å²) in [5.41, 5.74) is -0.132. The van der Waals surface area contributed by atoms with Gasteiger partial charge in [0.05, 0.1) is 5.56 Å². The molecule has 0 bridgehead atoms. The summed E-state index contributed by atoms with van der Waals surface area (Å²) in [6, 6.07) is 11.2. The molecule has 0 saturated carbocycles. The maximum atomic E-state index is 12.6. The number of ether oxygens (including phenoxy) is 1. The second kappa shape index (κ2) is 8.03. The van der Waals surface area contributed by atoms with E-state index in [0.717, 1.165) is 44.5 Å². The molecule has 144 valence electrons. The van der Waals surface area contributed by atoms with Crippen molar-refractivity contribution in [3.8, 4) is 11.5 Å². The van der Waals surface area contributed by atoms with Gasteiger partial charge in [0.15, 0.2) is 0 Å². The van der Waals surface area contributed by atoms with Crippen LogP contribution in [-0.4, -0.2) is 23.9 Å². The van der Waals surface area contributed by atoms with E-state index < -0.39 is 11.7 Å². The fourth-order valence-electron chi connectivity index (χ4n) is 3.24. The predicted molar refractivity (Wildman–Crippen MR) is 96.9 cm³/mol. The number of amides is 1. The van der Waals surface area contributed by atoms with Crippen LogP contribution in [-0.2, 0) is 6.18 Å². The first-order chi connectivity index (χ1) is 12.9. The Labute approximate surface area is 156 Å². The number of carbonyl (C=O) groups excluding carboxylic acids is 1. The van der Waals surface area contributed by atoms with Gasteiger partial charge in [-0.05, 0) is 67.3 Å². The van der Waals surface area contributed by atoms with Gasteiger partial charge in [-0.2, -0.15) is 13.2 Å². The molecule has 0 aromatic heterocycles. The summed E-state index contributed by atoms with van der Waals surface area (Å²) in [7, 11) is 0. The van der Waals surface area contributed by atoms with Crippen molar-refractivity contribution in [3.63, 3.8) is 0 Å². The summed E-state index contributed by atoms with van der Waals surface area (Å²) in [4.78, 5) is 14.4. The number of halogens is 3. The topological polar surface area (TPSA) is 29.5 Å². The van der Waals surface area contributed by atoms with Gasteiger partial charge in [0.1, 0.15) is 11.5 Å². The number of benzene rings is 2. The number of rotatable bonds is 4. The van der Waals surface area contributed by atoms with Crippen molar-refractivity contribution in [1.29, 1.82) is 0 Å². The van der Waals surface area contributed by atoms with Crippen LogP contribution in [0.4, 0.5) is 13.2 Å². The van der Waals surface area contributed by atoms with Gasteiger partial charge in [0.2, 0.25) is 0 Å². The van der Waals surface area contributed by atoms with Crippen molar-refractivity contribution in [2.24, 2.45) is 5.92 Å². The summed E-state index contributed by atoms with van der Waals surface area (Å²) in [6.07, 6.45) is -1.14. The lowest BCUT2D eigenvalue weighted by Crippen LogP contribution is -2.38. The van der Waals surface area contributed by atoms with Gasteiger partial charge in [-0.3, -0.25) is 4.79 Å². The van der Waals surface area contributed by atoms with Crippen LogP contribution in [0.5, 0.6) is 11.5 Å². The Balaban J connectivity index is 1.61. The molecule has 1 saturated heterocycles. The Kier molecular flexibility index (Phi) is 5.73. The fraction of sp³-hybridized carbons (Fsp3) is 0.381. The largest absolute Gasteiger partial charge is 0.457 e. The molecule has 1 amide bonds. The lowest BCUT2D eigenvalue weighted by Gasteiger charge is -2.31. The molecule has 1 aliphatic rings. The zero-order valence-electron chi connectivity index (χ0n) is 15.1. The van der Waals surface area contributed by atoms with Crippen molar-refractivity contribution >= 4 is 5.91 Å². The van der Waals surface area contributed by atoms with Crippen molar-refractivity contribution in [3.05, 3.63) is 59.7 Å². The van der Waals surface area contributed by atoms with Crippen LogP contribution < -0.4 is 4.74 Å². The number of alkyl halides is 3. The number of piperidine rings is 1. The molecule has 1 heterocycles. The molecular weight excluding hydrogens is 355 g/mol. The van der Waals surface area contributed by atoms with Crippen molar-refractivity contribution < 1.29 is 22.7 Å². The van der Waals surface area contributed by atoms with E-state index in [2.05, 4.69) is 6.92 Å². The third-order valence-corrected chi connectivity index (χ3v) is 5.00. The molecule has 3 nitrogen and oxygen atoms in total. The number of likely N-dealkylation sites (tertiary alicyclic amines) is 1. The van der Waals surface area contributed by atoms with Gasteiger partial charge >= 0.3 is 6.18 Å². The molecule has 0 unspecified atom stereocenters. The maximum Gasteiger partial charge on any atom is 0.416 e. The third kappa shape index (κ3) is 4.81. The third-order valence-electron chi connectivity index (χ3n) is 5.00. The van der Waals surface area contributed by atoms with Crippen LogP contribution in [0.2, 0.25) is 0 Å². The first-order valence-corrected chi connectivity index (χ1v) is 9.11. The summed E-state index contributed by atoms with van der Waals surface area (Å²) < 4.78 is 43.3. The zero-order valence-corrected chi connectivity index (χ0v) is 15.1. The predicted octanol–water partition coefficient (Wildman–Crippen LogP) is 5.76.